The van der Waals surface area contributed by atoms with Crippen LogP contribution in [0.3, 0.4) is 0 Å². The van der Waals surface area contributed by atoms with Crippen LogP contribution in [0, 0.1) is 6.08 Å². The molecule has 2 rings (SSSR count). The first-order valence-corrected chi connectivity index (χ1v) is 6.30. The molecule has 0 unspecified atom stereocenters. The van der Waals surface area contributed by atoms with Crippen molar-refractivity contribution in [1.82, 2.24) is 0 Å². The number of hydrogen-bond donors (Lipinski definition) is 1. The maximum Gasteiger partial charge on any atom is 0.115 e. The molecule has 1 aromatic carbocycles. The normalized spacial score (nSPS) is 11.1. The molecule has 0 atom stereocenters. The Balaban J connectivity index is 0. The number of phenolic OH excluding ortho intramolecular Hbond substituents is 1. The molecule has 1 aliphatic rings. The van der Waals surface area contributed by atoms with Gasteiger partial charge in [-0.3, -0.25) is 6.08 Å². The van der Waals surface area contributed by atoms with Crippen molar-refractivity contribution in [2.75, 3.05) is 0 Å². The molecule has 1 N–H and O–H groups in total. The van der Waals surface area contributed by atoms with E-state index in [9.17, 15) is 0 Å². The Morgan fingerprint density at radius 3 is 1.89 bits per heavy atom. The SMILES string of the molecule is CC1=[C-]CC=C1.C[C](C)=[Ti+].Cl.Oc1ccccc1. The summed E-state index contributed by atoms with van der Waals surface area (Å²) in [6.07, 6.45) is 8.33. The van der Waals surface area contributed by atoms with E-state index in [0.717, 1.165) is 6.42 Å². The van der Waals surface area contributed by atoms with Crippen molar-refractivity contribution in [1.29, 1.82) is 0 Å². The van der Waals surface area contributed by atoms with Gasteiger partial charge < -0.3 is 5.11 Å². The van der Waals surface area contributed by atoms with Crippen LogP contribution in [0.2, 0.25) is 0 Å². The van der Waals surface area contributed by atoms with Crippen LogP contribution in [-0.2, 0) is 20.0 Å². The third kappa shape index (κ3) is 15.4. The summed E-state index contributed by atoms with van der Waals surface area (Å²) in [6.45, 7) is 6.23. The summed E-state index contributed by atoms with van der Waals surface area (Å²) >= 11 is 2.08. The zero-order valence-corrected chi connectivity index (χ0v) is 13.5. The van der Waals surface area contributed by atoms with E-state index in [0.29, 0.717) is 5.75 Å². The van der Waals surface area contributed by atoms with E-state index in [1.165, 1.54) is 9.38 Å². The summed E-state index contributed by atoms with van der Waals surface area (Å²) in [5, 5.41) is 8.63. The topological polar surface area (TPSA) is 20.2 Å². The first-order chi connectivity index (χ1) is 8.02. The molecule has 0 radical (unpaired) electrons. The number of para-hydroxylation sites is 1. The summed E-state index contributed by atoms with van der Waals surface area (Å²) < 4.78 is 1.42. The Kier molecular flexibility index (Phi) is 14.0. The van der Waals surface area contributed by atoms with Gasteiger partial charge in [0.25, 0.3) is 0 Å². The largest absolute Gasteiger partial charge is 0.508 e. The van der Waals surface area contributed by atoms with Gasteiger partial charge in [-0.2, -0.15) is 6.08 Å². The van der Waals surface area contributed by atoms with Crippen LogP contribution in [0.5, 0.6) is 5.75 Å². The molecule has 0 heterocycles. The molecule has 1 aliphatic carbocycles. The van der Waals surface area contributed by atoms with Crippen LogP contribution in [0.25, 0.3) is 0 Å². The molecule has 0 aromatic heterocycles. The van der Waals surface area contributed by atoms with Gasteiger partial charge >= 0.3 is 37.6 Å². The summed E-state index contributed by atoms with van der Waals surface area (Å²) in [5.74, 6) is 0.322. The number of benzene rings is 1. The van der Waals surface area contributed by atoms with Crippen molar-refractivity contribution >= 4 is 16.2 Å². The molecule has 18 heavy (non-hydrogen) atoms. The van der Waals surface area contributed by atoms with Gasteiger partial charge in [-0.05, 0) is 12.1 Å². The van der Waals surface area contributed by atoms with Gasteiger partial charge in [-0.1, -0.05) is 25.1 Å². The van der Waals surface area contributed by atoms with Crippen molar-refractivity contribution in [2.24, 2.45) is 0 Å². The van der Waals surface area contributed by atoms with Gasteiger partial charge in [0.05, 0.1) is 0 Å². The standard InChI is InChI=1S/C6H6O.C6H7.C3H6.ClH.Ti/c7-6-4-2-1-3-5-6;1-6-4-2-3-5-6;1-3-2;;/h1-5,7H;2,4H,3H2,1H3;1-2H3;1H;/q;-1;;;+1. The first kappa shape index (κ1) is 19.7. The molecule has 0 saturated carbocycles. The Morgan fingerprint density at radius 2 is 1.72 bits per heavy atom. The molecule has 1 aromatic rings. The van der Waals surface area contributed by atoms with Crippen LogP contribution in [-0.4, -0.2) is 8.92 Å². The van der Waals surface area contributed by atoms with Gasteiger partial charge in [-0.25, -0.2) is 11.6 Å². The molecular weight excluding hydrogens is 279 g/mol. The van der Waals surface area contributed by atoms with Gasteiger partial charge in [0.15, 0.2) is 0 Å². The molecule has 0 aliphatic heterocycles. The smallest absolute Gasteiger partial charge is 0.115 e. The third-order valence-corrected chi connectivity index (χ3v) is 1.62. The fraction of sp³-hybridized carbons (Fsp3) is 0.267. The fourth-order valence-electron chi connectivity index (χ4n) is 0.943. The van der Waals surface area contributed by atoms with Crippen molar-refractivity contribution in [3.8, 4) is 5.75 Å². The maximum atomic E-state index is 8.63. The number of halogens is 1. The first-order valence-electron chi connectivity index (χ1n) is 5.52. The number of phenols is 1. The van der Waals surface area contributed by atoms with Crippen LogP contribution in [0.4, 0.5) is 0 Å². The second kappa shape index (κ2) is 12.8. The monoisotopic (exact) mass is 299 g/mol. The molecule has 0 saturated heterocycles. The molecular formula is C15H20ClOTi. The molecule has 0 amide bonds. The Labute approximate surface area is 128 Å². The van der Waals surface area contributed by atoms with Crippen molar-refractivity contribution < 1.29 is 25.1 Å². The molecule has 3 heteroatoms. The second-order valence-electron chi connectivity index (χ2n) is 3.80. The Morgan fingerprint density at radius 1 is 1.22 bits per heavy atom. The predicted octanol–water partition coefficient (Wildman–Crippen LogP) is 4.26. The molecule has 0 bridgehead atoms. The van der Waals surface area contributed by atoms with E-state index >= 15 is 0 Å². The van der Waals surface area contributed by atoms with E-state index in [4.69, 9.17) is 5.11 Å². The van der Waals surface area contributed by atoms with Gasteiger partial charge in [0.1, 0.15) is 5.75 Å². The van der Waals surface area contributed by atoms with Crippen molar-refractivity contribution in [2.45, 2.75) is 27.2 Å². The van der Waals surface area contributed by atoms with Crippen LogP contribution < -0.4 is 0 Å². The number of rotatable bonds is 0. The van der Waals surface area contributed by atoms with Gasteiger partial charge in [0, 0.05) is 0 Å². The average molecular weight is 300 g/mol. The molecule has 0 spiro atoms. The van der Waals surface area contributed by atoms with E-state index in [-0.39, 0.29) is 12.4 Å². The second-order valence-corrected chi connectivity index (χ2v) is 5.36. The minimum atomic E-state index is 0. The van der Waals surface area contributed by atoms with E-state index in [1.807, 2.05) is 6.07 Å². The Bertz CT molecular complexity index is 376. The van der Waals surface area contributed by atoms with Crippen LogP contribution >= 0.6 is 12.4 Å². The van der Waals surface area contributed by atoms with Crippen molar-refractivity contribution in [3.05, 3.63) is 54.1 Å². The quantitative estimate of drug-likeness (QED) is 0.561. The molecule has 97 valence electrons. The molecule has 0 fully saturated rings. The zero-order chi connectivity index (χ0) is 13.1. The summed E-state index contributed by atoms with van der Waals surface area (Å²) in [5.41, 5.74) is 1.27. The average Bonchev–Trinajstić information content (AvgIpc) is 2.70. The number of aromatic hydroxyl groups is 1. The van der Waals surface area contributed by atoms with Gasteiger partial charge in [-0.15, -0.1) is 18.8 Å². The Hall–Kier alpha value is -0.626. The minimum Gasteiger partial charge on any atom is -0.508 e. The zero-order valence-electron chi connectivity index (χ0n) is 11.1. The summed E-state index contributed by atoms with van der Waals surface area (Å²) in [4.78, 5) is 0. The van der Waals surface area contributed by atoms with E-state index in [2.05, 4.69) is 59.0 Å². The van der Waals surface area contributed by atoms with Crippen LogP contribution in [0.15, 0.2) is 48.1 Å². The molecule has 1 nitrogen and oxygen atoms in total. The predicted molar refractivity (Wildman–Crippen MR) is 77.9 cm³/mol. The maximum absolute atomic E-state index is 8.63. The number of allylic oxidation sites excluding steroid dienone is 4. The van der Waals surface area contributed by atoms with Gasteiger partial charge in [0.2, 0.25) is 0 Å². The van der Waals surface area contributed by atoms with Crippen LogP contribution in [0.1, 0.15) is 27.2 Å². The fourth-order valence-corrected chi connectivity index (χ4v) is 0.943. The summed E-state index contributed by atoms with van der Waals surface area (Å²) in [6, 6.07) is 8.71. The summed E-state index contributed by atoms with van der Waals surface area (Å²) in [7, 11) is 0. The van der Waals surface area contributed by atoms with Crippen molar-refractivity contribution in [3.63, 3.8) is 0 Å². The third-order valence-electron chi connectivity index (χ3n) is 1.62. The van der Waals surface area contributed by atoms with E-state index < -0.39 is 0 Å². The minimum absolute atomic E-state index is 0. The number of hydrogen-bond acceptors (Lipinski definition) is 1. The van der Waals surface area contributed by atoms with E-state index in [1.54, 1.807) is 24.3 Å².